The fourth-order valence-corrected chi connectivity index (χ4v) is 7.36. The quantitative estimate of drug-likeness (QED) is 0.198. The van der Waals surface area contributed by atoms with E-state index in [1.165, 1.54) is 25.1 Å². The van der Waals surface area contributed by atoms with E-state index in [1.807, 2.05) is 19.0 Å². The fraction of sp³-hybridized carbons (Fsp3) is 0.500. The zero-order chi connectivity index (χ0) is 28.3. The van der Waals surface area contributed by atoms with Gasteiger partial charge in [0.2, 0.25) is 5.78 Å². The zero-order valence-electron chi connectivity index (χ0n) is 21.6. The molecule has 0 radical (unpaired) electrons. The molecule has 206 valence electrons. The lowest BCUT2D eigenvalue weighted by molar-refractivity contribution is -0.162. The first-order chi connectivity index (χ1) is 17.8. The van der Waals surface area contributed by atoms with Gasteiger partial charge in [-0.1, -0.05) is 12.1 Å². The van der Waals surface area contributed by atoms with Gasteiger partial charge in [0.15, 0.2) is 11.4 Å². The highest BCUT2D eigenvalue weighted by molar-refractivity contribution is 7.99. The molecule has 0 saturated heterocycles. The minimum Gasteiger partial charge on any atom is -0.510 e. The highest BCUT2D eigenvalue weighted by Crippen LogP contribution is 2.56. The van der Waals surface area contributed by atoms with Crippen molar-refractivity contribution in [1.82, 2.24) is 9.80 Å². The van der Waals surface area contributed by atoms with Crippen LogP contribution in [0.2, 0.25) is 0 Å². The van der Waals surface area contributed by atoms with Crippen LogP contribution in [0.4, 0.5) is 0 Å². The van der Waals surface area contributed by atoms with E-state index in [0.717, 1.165) is 12.3 Å². The van der Waals surface area contributed by atoms with Gasteiger partial charge in [0, 0.05) is 35.5 Å². The number of thioether (sulfide) groups is 1. The molecule has 3 aliphatic rings. The highest BCUT2D eigenvalue weighted by Gasteiger charge is 2.67. The topological polar surface area (TPSA) is 185 Å². The molecule has 0 unspecified atom stereocenters. The Balaban J connectivity index is 1.96. The normalized spacial score (nSPS) is 31.0. The smallest absolute Gasteiger partial charge is 0.255 e. The molecule has 6 atom stereocenters. The summed E-state index contributed by atoms with van der Waals surface area (Å²) in [7, 11) is 6.87. The summed E-state index contributed by atoms with van der Waals surface area (Å²) in [6.45, 7) is 0.762. The van der Waals surface area contributed by atoms with Crippen molar-refractivity contribution < 1.29 is 39.9 Å². The van der Waals surface area contributed by atoms with Crippen LogP contribution in [0.1, 0.15) is 21.8 Å². The van der Waals surface area contributed by atoms with Crippen LogP contribution in [-0.2, 0) is 9.59 Å². The molecule has 0 bridgehead atoms. The molecule has 7 N–H and O–H groups in total. The third-order valence-corrected chi connectivity index (χ3v) is 8.85. The summed E-state index contributed by atoms with van der Waals surface area (Å²) >= 11 is 1.55. The lowest BCUT2D eigenvalue weighted by Gasteiger charge is -2.53. The molecule has 1 amide bonds. The van der Waals surface area contributed by atoms with Crippen LogP contribution < -0.4 is 5.73 Å². The molecule has 0 aromatic heterocycles. The number of carbonyl (C=O) groups is 3. The molecule has 3 aliphatic carbocycles. The van der Waals surface area contributed by atoms with E-state index >= 15 is 0 Å². The molecule has 0 heterocycles. The molecule has 0 fully saturated rings. The lowest BCUT2D eigenvalue weighted by atomic mass is 9.55. The van der Waals surface area contributed by atoms with Gasteiger partial charge in [-0.2, -0.15) is 11.8 Å². The summed E-state index contributed by atoms with van der Waals surface area (Å²) in [6, 6.07) is 3.28. The number of aliphatic hydroxyl groups excluding tert-OH is 3. The summed E-state index contributed by atoms with van der Waals surface area (Å²) in [5, 5.41) is 56.6. The SMILES string of the molecule is CN(C)CCSC[C@H]1c2cccc(O)c2C(=O)C2=C(O)[C@]3(O)C(=O)C(C(N)=O)=C(O)[C@@H](N(C)C)[C@@H]3[C@@H](O)[C@@H]21. The predicted octanol–water partition coefficient (Wildman–Crippen LogP) is -0.0727. The molecule has 0 saturated carbocycles. The van der Waals surface area contributed by atoms with Crippen molar-refractivity contribution in [3.05, 3.63) is 52.0 Å². The minimum absolute atomic E-state index is 0.0845. The standard InChI is InChI=1S/C26H33N3O8S/c1-28(2)8-9-38-10-12-11-6-5-7-13(30)14(11)20(31)16-15(12)21(32)18-19(29(3)4)22(33)17(25(27)36)24(35)26(18,37)23(16)34/h5-7,12,15,18-19,21,30,32-34,37H,8-10H2,1-4H3,(H2,27,36)/t12-,15+,18+,19-,21-,26-/m0/s1. The first-order valence-corrected chi connectivity index (χ1v) is 13.3. The van der Waals surface area contributed by atoms with Crippen LogP contribution in [0, 0.1) is 11.8 Å². The molecule has 4 rings (SSSR count). The number of phenolic OH excluding ortho intramolecular Hbond substituents is 1. The zero-order valence-corrected chi connectivity index (χ0v) is 22.4. The molecule has 38 heavy (non-hydrogen) atoms. The van der Waals surface area contributed by atoms with Crippen molar-refractivity contribution in [1.29, 1.82) is 0 Å². The molecule has 1 aromatic carbocycles. The van der Waals surface area contributed by atoms with Gasteiger partial charge in [0.25, 0.3) is 5.91 Å². The number of amides is 1. The van der Waals surface area contributed by atoms with Gasteiger partial charge < -0.3 is 36.2 Å². The molecule has 0 aliphatic heterocycles. The number of primary amides is 1. The second-order valence-corrected chi connectivity index (χ2v) is 11.6. The third kappa shape index (κ3) is 4.02. The van der Waals surface area contributed by atoms with E-state index in [2.05, 4.69) is 0 Å². The maximum absolute atomic E-state index is 13.7. The molecule has 12 heteroatoms. The number of likely N-dealkylation sites (N-methyl/N-ethyl adjacent to an activating group) is 1. The summed E-state index contributed by atoms with van der Waals surface area (Å²) in [4.78, 5) is 42.7. The Hall–Kier alpha value is -2.90. The summed E-state index contributed by atoms with van der Waals surface area (Å²) in [5.41, 5.74) is 1.50. The Morgan fingerprint density at radius 1 is 1.13 bits per heavy atom. The summed E-state index contributed by atoms with van der Waals surface area (Å²) < 4.78 is 0. The number of benzene rings is 1. The van der Waals surface area contributed by atoms with Gasteiger partial charge in [0.1, 0.15) is 22.8 Å². The number of ketones is 2. The van der Waals surface area contributed by atoms with Crippen LogP contribution in [0.25, 0.3) is 0 Å². The van der Waals surface area contributed by atoms with Crippen molar-refractivity contribution in [3.63, 3.8) is 0 Å². The van der Waals surface area contributed by atoms with Crippen molar-refractivity contribution in [2.45, 2.75) is 23.7 Å². The second-order valence-electron chi connectivity index (χ2n) is 10.5. The largest absolute Gasteiger partial charge is 0.510 e. The predicted molar refractivity (Wildman–Crippen MR) is 140 cm³/mol. The second kappa shape index (κ2) is 10.0. The van der Waals surface area contributed by atoms with Crippen LogP contribution in [-0.4, -0.2) is 117 Å². The van der Waals surface area contributed by atoms with E-state index in [9.17, 15) is 39.9 Å². The molecular weight excluding hydrogens is 514 g/mol. The first kappa shape index (κ1) is 28.1. The minimum atomic E-state index is -2.92. The molecular formula is C26H33N3O8S. The number of hydrogen-bond donors (Lipinski definition) is 6. The Morgan fingerprint density at radius 2 is 1.79 bits per heavy atom. The van der Waals surface area contributed by atoms with E-state index in [0.29, 0.717) is 11.3 Å². The first-order valence-electron chi connectivity index (χ1n) is 12.1. The van der Waals surface area contributed by atoms with Crippen molar-refractivity contribution in [2.24, 2.45) is 17.6 Å². The molecule has 11 nitrogen and oxygen atoms in total. The Kier molecular flexibility index (Phi) is 7.40. The number of phenols is 1. The lowest BCUT2D eigenvalue weighted by Crippen LogP contribution is -2.68. The van der Waals surface area contributed by atoms with E-state index in [4.69, 9.17) is 5.73 Å². The van der Waals surface area contributed by atoms with Gasteiger partial charge in [-0.05, 0) is 39.8 Å². The van der Waals surface area contributed by atoms with Gasteiger partial charge in [-0.3, -0.25) is 19.3 Å². The Labute approximate surface area is 224 Å². The highest BCUT2D eigenvalue weighted by atomic mass is 32.2. The number of Topliss-reactive ketones (excluding diaryl/α,β-unsaturated/α-hetero) is 2. The Bertz CT molecular complexity index is 1260. The summed E-state index contributed by atoms with van der Waals surface area (Å²) in [6.07, 6.45) is -1.61. The van der Waals surface area contributed by atoms with E-state index in [1.54, 1.807) is 23.9 Å². The van der Waals surface area contributed by atoms with Crippen LogP contribution in [0.3, 0.4) is 0 Å². The maximum atomic E-state index is 13.7. The van der Waals surface area contributed by atoms with Gasteiger partial charge in [0.05, 0.1) is 23.6 Å². The van der Waals surface area contributed by atoms with Crippen molar-refractivity contribution in [3.8, 4) is 5.75 Å². The Morgan fingerprint density at radius 3 is 2.37 bits per heavy atom. The molecule has 1 aromatic rings. The number of carbonyl (C=O) groups excluding carboxylic acids is 3. The van der Waals surface area contributed by atoms with E-state index < -0.39 is 75.6 Å². The van der Waals surface area contributed by atoms with Gasteiger partial charge >= 0.3 is 0 Å². The van der Waals surface area contributed by atoms with Crippen LogP contribution in [0.15, 0.2) is 40.9 Å². The van der Waals surface area contributed by atoms with Crippen molar-refractivity contribution in [2.75, 3.05) is 46.2 Å². The number of nitrogens with zero attached hydrogens (tertiary/aromatic N) is 2. The number of fused-ring (bicyclic) bond motifs is 3. The third-order valence-electron chi connectivity index (χ3n) is 7.78. The van der Waals surface area contributed by atoms with Crippen molar-refractivity contribution >= 4 is 29.2 Å². The average Bonchev–Trinajstić information content (AvgIpc) is 2.82. The number of nitrogens with two attached hydrogens (primary N) is 1. The average molecular weight is 548 g/mol. The van der Waals surface area contributed by atoms with Crippen LogP contribution in [0.5, 0.6) is 5.75 Å². The fourth-order valence-electron chi connectivity index (χ4n) is 6.06. The van der Waals surface area contributed by atoms with Gasteiger partial charge in [-0.25, -0.2) is 0 Å². The van der Waals surface area contributed by atoms with E-state index in [-0.39, 0.29) is 11.3 Å². The maximum Gasteiger partial charge on any atom is 0.255 e. The molecule has 0 spiro atoms. The number of hydrogen-bond acceptors (Lipinski definition) is 11. The number of aliphatic hydroxyl groups is 4. The summed E-state index contributed by atoms with van der Waals surface area (Å²) in [5.74, 6) is -7.75. The number of aromatic hydroxyl groups is 1. The monoisotopic (exact) mass is 547 g/mol. The number of rotatable bonds is 7. The van der Waals surface area contributed by atoms with Crippen LogP contribution >= 0.6 is 11.8 Å². The van der Waals surface area contributed by atoms with Gasteiger partial charge in [-0.15, -0.1) is 0 Å².